The first-order chi connectivity index (χ1) is 22.2. The minimum atomic E-state index is -1.24. The van der Waals surface area contributed by atoms with Gasteiger partial charge in [-0.15, -0.1) is 0 Å². The minimum Gasteiger partial charge on any atom is -0.486 e. The van der Waals surface area contributed by atoms with E-state index in [0.717, 1.165) is 41.0 Å². The lowest BCUT2D eigenvalue weighted by Crippen LogP contribution is -2.28. The molecule has 1 unspecified atom stereocenters. The van der Waals surface area contributed by atoms with Gasteiger partial charge in [0, 0.05) is 52.7 Å². The largest absolute Gasteiger partial charge is 0.486 e. The van der Waals surface area contributed by atoms with Crippen molar-refractivity contribution in [1.82, 2.24) is 29.2 Å². The molecule has 1 aliphatic heterocycles. The third-order valence-corrected chi connectivity index (χ3v) is 12.2. The van der Waals surface area contributed by atoms with Gasteiger partial charge >= 0.3 is 0 Å². The van der Waals surface area contributed by atoms with Crippen LogP contribution in [0, 0.1) is 0 Å². The maximum absolute atomic E-state index is 13.7. The second-order valence-corrected chi connectivity index (χ2v) is 26.7. The van der Waals surface area contributed by atoms with Crippen molar-refractivity contribution in [2.45, 2.75) is 97.4 Å². The van der Waals surface area contributed by atoms with E-state index >= 15 is 0 Å². The number of aromatic nitrogens is 5. The summed E-state index contributed by atoms with van der Waals surface area (Å²) in [6.07, 6.45) is 4.62. The van der Waals surface area contributed by atoms with Crippen LogP contribution in [0.1, 0.15) is 35.7 Å². The zero-order chi connectivity index (χ0) is 33.9. The number of hydrogen-bond donors (Lipinski definition) is 0. The number of fused-ring (bicyclic) bond motifs is 2. The van der Waals surface area contributed by atoms with E-state index in [-0.39, 0.29) is 12.3 Å². The molecule has 0 saturated heterocycles. The van der Waals surface area contributed by atoms with Gasteiger partial charge in [0.1, 0.15) is 25.3 Å². The third kappa shape index (κ3) is 9.24. The lowest BCUT2D eigenvalue weighted by molar-refractivity contribution is -0.131. The van der Waals surface area contributed by atoms with Crippen molar-refractivity contribution in [3.63, 3.8) is 0 Å². The summed E-state index contributed by atoms with van der Waals surface area (Å²) in [5.41, 5.74) is 4.14. The van der Waals surface area contributed by atoms with E-state index in [0.29, 0.717) is 60.2 Å². The monoisotopic (exact) mass is 716 g/mol. The van der Waals surface area contributed by atoms with E-state index in [1.165, 1.54) is 0 Å². The molecule has 10 nitrogen and oxygen atoms in total. The maximum atomic E-state index is 13.7. The number of ether oxygens (including phenoxy) is 3. The van der Waals surface area contributed by atoms with E-state index in [4.69, 9.17) is 42.5 Å². The summed E-state index contributed by atoms with van der Waals surface area (Å²) in [6.45, 7) is 19.0. The van der Waals surface area contributed by atoms with Crippen molar-refractivity contribution < 1.29 is 19.0 Å². The van der Waals surface area contributed by atoms with Gasteiger partial charge in [-0.1, -0.05) is 62.5 Å². The molecule has 0 fully saturated rings. The van der Waals surface area contributed by atoms with E-state index in [1.807, 2.05) is 45.6 Å². The highest BCUT2D eigenvalue weighted by Crippen LogP contribution is 2.34. The molecular weight excluding hydrogens is 671 g/mol. The molecule has 47 heavy (non-hydrogen) atoms. The molecule has 0 aliphatic carbocycles. The third-order valence-electron chi connectivity index (χ3n) is 8.23. The van der Waals surface area contributed by atoms with Crippen LogP contribution in [0.2, 0.25) is 61.4 Å². The Morgan fingerprint density at radius 1 is 0.957 bits per heavy atom. The lowest BCUT2D eigenvalue weighted by atomic mass is 10.1. The van der Waals surface area contributed by atoms with Gasteiger partial charge in [-0.05, 0) is 37.2 Å². The van der Waals surface area contributed by atoms with Crippen molar-refractivity contribution in [3.05, 3.63) is 69.6 Å². The Labute approximate surface area is 289 Å². The Bertz CT molecular complexity index is 1700. The van der Waals surface area contributed by atoms with E-state index in [2.05, 4.69) is 49.3 Å². The molecule has 0 saturated carbocycles. The molecule has 3 aromatic heterocycles. The smallest absolute Gasteiger partial charge is 0.229 e. The Morgan fingerprint density at radius 3 is 2.28 bits per heavy atom. The van der Waals surface area contributed by atoms with E-state index in [1.54, 1.807) is 12.4 Å². The molecule has 1 atom stereocenters. The van der Waals surface area contributed by atoms with E-state index in [9.17, 15) is 4.79 Å². The van der Waals surface area contributed by atoms with Gasteiger partial charge in [0.2, 0.25) is 5.91 Å². The summed E-state index contributed by atoms with van der Waals surface area (Å²) in [5.74, 6) is 0.596. The number of rotatable bonds is 15. The molecule has 4 aromatic rings. The SMILES string of the molecule is CC(Oc1ccc2c(c1)c(CC(=O)N1Cc3ncn(COCC[Si](C)(C)C)c3C1)nn2COCC[Si](C)(C)C)c1c(Cl)cncc1Cl. The molecule has 1 aromatic carbocycles. The highest BCUT2D eigenvalue weighted by atomic mass is 35.5. The van der Waals surface area contributed by atoms with Gasteiger partial charge in [0.15, 0.2) is 0 Å². The first-order valence-corrected chi connectivity index (χ1v) is 24.3. The number of halogens is 2. The fourth-order valence-electron chi connectivity index (χ4n) is 5.39. The van der Waals surface area contributed by atoms with Gasteiger partial charge in [-0.3, -0.25) is 9.78 Å². The van der Waals surface area contributed by atoms with Crippen LogP contribution < -0.4 is 4.74 Å². The zero-order valence-corrected chi connectivity index (χ0v) is 32.0. The number of amides is 1. The number of benzene rings is 1. The minimum absolute atomic E-state index is 0.0181. The molecule has 0 radical (unpaired) electrons. The number of pyridine rings is 1. The topological polar surface area (TPSA) is 96.5 Å². The predicted octanol–water partition coefficient (Wildman–Crippen LogP) is 7.78. The van der Waals surface area contributed by atoms with Crippen molar-refractivity contribution in [1.29, 1.82) is 0 Å². The number of nitrogens with zero attached hydrogens (tertiary/aromatic N) is 6. The van der Waals surface area contributed by atoms with Crippen LogP contribution in [-0.4, -0.2) is 64.5 Å². The van der Waals surface area contributed by atoms with Crippen LogP contribution in [0.4, 0.5) is 0 Å². The van der Waals surface area contributed by atoms with Gasteiger partial charge < -0.3 is 23.7 Å². The molecule has 254 valence electrons. The van der Waals surface area contributed by atoms with Crippen LogP contribution in [0.25, 0.3) is 10.9 Å². The lowest BCUT2D eigenvalue weighted by Gasteiger charge is -2.18. The highest BCUT2D eigenvalue weighted by molar-refractivity contribution is 6.76. The van der Waals surface area contributed by atoms with Gasteiger partial charge in [-0.25, -0.2) is 9.67 Å². The normalized spacial score (nSPS) is 14.2. The Kier molecular flexibility index (Phi) is 11.2. The predicted molar refractivity (Wildman–Crippen MR) is 191 cm³/mol. The summed E-state index contributed by atoms with van der Waals surface area (Å²) < 4.78 is 22.2. The molecule has 0 N–H and O–H groups in total. The van der Waals surface area contributed by atoms with Gasteiger partial charge in [0.25, 0.3) is 0 Å². The summed E-state index contributed by atoms with van der Waals surface area (Å²) >= 11 is 12.8. The molecular formula is C33H46Cl2N6O4Si2. The van der Waals surface area contributed by atoms with Crippen LogP contribution in [0.15, 0.2) is 36.9 Å². The Morgan fingerprint density at radius 2 is 1.62 bits per heavy atom. The first kappa shape index (κ1) is 35.6. The molecule has 1 aliphatic rings. The molecule has 4 heterocycles. The Balaban J connectivity index is 1.32. The summed E-state index contributed by atoms with van der Waals surface area (Å²) in [7, 11) is -2.41. The maximum Gasteiger partial charge on any atom is 0.229 e. The Hall–Kier alpha value is -2.75. The number of carbonyl (C=O) groups excluding carboxylic acids is 1. The fourth-order valence-corrected chi connectivity index (χ4v) is 7.58. The molecule has 0 spiro atoms. The van der Waals surface area contributed by atoms with Gasteiger partial charge in [-0.2, -0.15) is 5.10 Å². The second-order valence-electron chi connectivity index (χ2n) is 14.6. The average molecular weight is 718 g/mol. The second kappa shape index (κ2) is 14.8. The quantitative estimate of drug-likeness (QED) is 0.0916. The average Bonchev–Trinajstić information content (AvgIpc) is 3.66. The standard InChI is InChI=1S/C33H46Cl2N6O4Si2/c1-23(33-26(34)16-36-17-27(33)35)45-24-8-9-30-25(14-24)28(38-41(30)22-44-11-13-47(5,6)7)15-32(42)39-18-29-31(19-39)40(20-37-29)21-43-10-12-46(2,3)4/h8-9,14,16-17,20,23H,10-13,15,18-19,21-22H2,1-7H3. The summed E-state index contributed by atoms with van der Waals surface area (Å²) in [6, 6.07) is 7.94. The number of carbonyl (C=O) groups is 1. The molecule has 0 bridgehead atoms. The van der Waals surface area contributed by atoms with Crippen LogP contribution in [0.5, 0.6) is 5.75 Å². The fraction of sp³-hybridized carbons (Fsp3) is 0.515. The molecule has 1 amide bonds. The van der Waals surface area contributed by atoms with Crippen molar-refractivity contribution in [2.24, 2.45) is 0 Å². The first-order valence-electron chi connectivity index (χ1n) is 16.1. The zero-order valence-electron chi connectivity index (χ0n) is 28.5. The molecule has 5 rings (SSSR count). The van der Waals surface area contributed by atoms with Crippen LogP contribution in [0.3, 0.4) is 0 Å². The van der Waals surface area contributed by atoms with E-state index < -0.39 is 22.3 Å². The summed E-state index contributed by atoms with van der Waals surface area (Å²) in [4.78, 5) is 24.2. The number of hydrogen-bond acceptors (Lipinski definition) is 7. The van der Waals surface area contributed by atoms with Crippen molar-refractivity contribution >= 4 is 56.2 Å². The summed E-state index contributed by atoms with van der Waals surface area (Å²) in [5, 5.41) is 6.59. The van der Waals surface area contributed by atoms with Gasteiger partial charge in [0.05, 0.1) is 58.5 Å². The van der Waals surface area contributed by atoms with Crippen molar-refractivity contribution in [3.8, 4) is 5.75 Å². The number of imidazole rings is 1. The van der Waals surface area contributed by atoms with Crippen LogP contribution >= 0.6 is 23.2 Å². The van der Waals surface area contributed by atoms with Crippen molar-refractivity contribution in [2.75, 3.05) is 13.2 Å². The highest BCUT2D eigenvalue weighted by Gasteiger charge is 2.29. The molecule has 14 heteroatoms. The van der Waals surface area contributed by atoms with Crippen LogP contribution in [-0.2, 0) is 47.2 Å².